The number of alkyl halides is 4. The van der Waals surface area contributed by atoms with Gasteiger partial charge in [-0.25, -0.2) is 5.84 Å². The standard InChI is InChI=1S/C11H13ClF3N3O/c1-2-19-17-10(7-12)18(16)9-6-4-3-5-8(9)11(13,14)15/h3-6H,2,7,16H2,1H3. The number of hydrazine groups is 1. The molecular weight excluding hydrogens is 283 g/mol. The van der Waals surface area contributed by atoms with E-state index in [2.05, 4.69) is 5.16 Å². The van der Waals surface area contributed by atoms with Crippen LogP contribution in [0.5, 0.6) is 0 Å². The van der Waals surface area contributed by atoms with Crippen LogP contribution in [0, 0.1) is 0 Å². The number of amidine groups is 1. The summed E-state index contributed by atoms with van der Waals surface area (Å²) in [5.41, 5.74) is -1.11. The minimum atomic E-state index is -4.52. The van der Waals surface area contributed by atoms with Crippen LogP contribution in [0.1, 0.15) is 12.5 Å². The fraction of sp³-hybridized carbons (Fsp3) is 0.364. The van der Waals surface area contributed by atoms with Crippen LogP contribution in [0.3, 0.4) is 0 Å². The second-order valence-electron chi connectivity index (χ2n) is 3.44. The molecule has 0 saturated carbocycles. The molecule has 8 heteroatoms. The number of hydrogen-bond acceptors (Lipinski definition) is 3. The fourth-order valence-electron chi connectivity index (χ4n) is 1.33. The lowest BCUT2D eigenvalue weighted by atomic mass is 10.1. The summed E-state index contributed by atoms with van der Waals surface area (Å²) in [6, 6.07) is 4.88. The molecule has 4 nitrogen and oxygen atoms in total. The Balaban J connectivity index is 3.15. The molecule has 0 aliphatic heterocycles. The largest absolute Gasteiger partial charge is 0.418 e. The smallest absolute Gasteiger partial charge is 0.395 e. The predicted molar refractivity (Wildman–Crippen MR) is 67.9 cm³/mol. The topological polar surface area (TPSA) is 50.8 Å². The number of rotatable bonds is 4. The van der Waals surface area contributed by atoms with E-state index < -0.39 is 11.7 Å². The van der Waals surface area contributed by atoms with Gasteiger partial charge in [0.05, 0.1) is 17.1 Å². The second-order valence-corrected chi connectivity index (χ2v) is 3.71. The lowest BCUT2D eigenvalue weighted by molar-refractivity contribution is -0.137. The van der Waals surface area contributed by atoms with Gasteiger partial charge in [-0.1, -0.05) is 17.3 Å². The molecule has 1 rings (SSSR count). The maximum atomic E-state index is 12.8. The van der Waals surface area contributed by atoms with E-state index in [9.17, 15) is 13.2 Å². The zero-order valence-electron chi connectivity index (χ0n) is 10.1. The van der Waals surface area contributed by atoms with Gasteiger partial charge >= 0.3 is 6.18 Å². The first-order valence-corrected chi connectivity index (χ1v) is 5.91. The molecule has 0 atom stereocenters. The zero-order valence-corrected chi connectivity index (χ0v) is 10.9. The lowest BCUT2D eigenvalue weighted by Gasteiger charge is -2.22. The Morgan fingerprint density at radius 1 is 1.42 bits per heavy atom. The first-order valence-electron chi connectivity index (χ1n) is 5.37. The van der Waals surface area contributed by atoms with Gasteiger partial charge < -0.3 is 4.84 Å². The molecule has 0 amide bonds. The van der Waals surface area contributed by atoms with E-state index in [-0.39, 0.29) is 24.0 Å². The number of anilines is 1. The highest BCUT2D eigenvalue weighted by molar-refractivity contribution is 6.30. The fourth-order valence-corrected chi connectivity index (χ4v) is 1.51. The maximum Gasteiger partial charge on any atom is 0.418 e. The normalized spacial score (nSPS) is 12.4. The number of nitrogens with two attached hydrogens (primary N) is 1. The van der Waals surface area contributed by atoms with Crippen molar-refractivity contribution in [3.05, 3.63) is 29.8 Å². The quantitative estimate of drug-likeness (QED) is 0.305. The molecule has 0 bridgehead atoms. The van der Waals surface area contributed by atoms with Crippen molar-refractivity contribution in [3.63, 3.8) is 0 Å². The van der Waals surface area contributed by atoms with Crippen molar-refractivity contribution in [3.8, 4) is 0 Å². The Bertz CT molecular complexity index is 451. The molecule has 0 unspecified atom stereocenters. The Labute approximate surface area is 113 Å². The molecule has 19 heavy (non-hydrogen) atoms. The van der Waals surface area contributed by atoms with Crippen LogP contribution in [0.25, 0.3) is 0 Å². The molecule has 106 valence electrons. The molecule has 0 aliphatic carbocycles. The Morgan fingerprint density at radius 2 is 2.05 bits per heavy atom. The van der Waals surface area contributed by atoms with Crippen LogP contribution in [0.4, 0.5) is 18.9 Å². The van der Waals surface area contributed by atoms with Crippen LogP contribution in [-0.4, -0.2) is 18.3 Å². The van der Waals surface area contributed by atoms with E-state index in [0.29, 0.717) is 0 Å². The third-order valence-electron chi connectivity index (χ3n) is 2.17. The SMILES string of the molecule is CCON=C(CCl)N(N)c1ccccc1C(F)(F)F. The number of halogens is 4. The van der Waals surface area contributed by atoms with Crippen LogP contribution in [0.15, 0.2) is 29.4 Å². The molecule has 0 saturated heterocycles. The highest BCUT2D eigenvalue weighted by atomic mass is 35.5. The number of para-hydroxylation sites is 1. The van der Waals surface area contributed by atoms with E-state index >= 15 is 0 Å². The van der Waals surface area contributed by atoms with Gasteiger partial charge in [0.2, 0.25) is 0 Å². The summed E-state index contributed by atoms with van der Waals surface area (Å²) in [4.78, 5) is 4.76. The summed E-state index contributed by atoms with van der Waals surface area (Å²) >= 11 is 5.60. The molecule has 0 radical (unpaired) electrons. The zero-order chi connectivity index (χ0) is 14.5. The maximum absolute atomic E-state index is 12.8. The van der Waals surface area contributed by atoms with Gasteiger partial charge in [0.15, 0.2) is 5.84 Å². The van der Waals surface area contributed by atoms with Gasteiger partial charge in [-0.15, -0.1) is 11.6 Å². The van der Waals surface area contributed by atoms with Crippen molar-refractivity contribution in [2.45, 2.75) is 13.1 Å². The lowest BCUT2D eigenvalue weighted by Crippen LogP contribution is -2.40. The average molecular weight is 296 g/mol. The van der Waals surface area contributed by atoms with Gasteiger partial charge in [-0.3, -0.25) is 5.01 Å². The monoisotopic (exact) mass is 295 g/mol. The van der Waals surface area contributed by atoms with Crippen molar-refractivity contribution >= 4 is 23.1 Å². The number of benzene rings is 1. The third kappa shape index (κ3) is 4.00. The highest BCUT2D eigenvalue weighted by Crippen LogP contribution is 2.35. The van der Waals surface area contributed by atoms with E-state index in [4.69, 9.17) is 22.3 Å². The Hall–Kier alpha value is -1.47. The van der Waals surface area contributed by atoms with E-state index in [1.807, 2.05) is 0 Å². The predicted octanol–water partition coefficient (Wildman–Crippen LogP) is 2.97. The minimum absolute atomic E-state index is 0.0137. The van der Waals surface area contributed by atoms with Crippen LogP contribution < -0.4 is 10.9 Å². The van der Waals surface area contributed by atoms with Crippen molar-refractivity contribution in [2.24, 2.45) is 11.0 Å². The average Bonchev–Trinajstić information content (AvgIpc) is 2.38. The summed E-state index contributed by atoms with van der Waals surface area (Å²) in [5.74, 6) is 5.43. The van der Waals surface area contributed by atoms with Gasteiger partial charge in [-0.2, -0.15) is 13.2 Å². The molecule has 0 aliphatic rings. The van der Waals surface area contributed by atoms with Crippen LogP contribution in [0.2, 0.25) is 0 Å². The molecule has 0 fully saturated rings. The van der Waals surface area contributed by atoms with E-state index in [1.54, 1.807) is 6.92 Å². The molecule has 0 spiro atoms. The number of nitrogens with zero attached hydrogens (tertiary/aromatic N) is 2. The summed E-state index contributed by atoms with van der Waals surface area (Å²) in [5, 5.41) is 4.35. The summed E-state index contributed by atoms with van der Waals surface area (Å²) in [6.45, 7) is 1.94. The minimum Gasteiger partial charge on any atom is -0.395 e. The summed E-state index contributed by atoms with van der Waals surface area (Å²) < 4.78 is 38.5. The van der Waals surface area contributed by atoms with Crippen LogP contribution >= 0.6 is 11.6 Å². The van der Waals surface area contributed by atoms with Crippen LogP contribution in [-0.2, 0) is 11.0 Å². The highest BCUT2D eigenvalue weighted by Gasteiger charge is 2.34. The van der Waals surface area contributed by atoms with Gasteiger partial charge in [0.1, 0.15) is 6.61 Å². The van der Waals surface area contributed by atoms with E-state index in [0.717, 1.165) is 11.1 Å². The van der Waals surface area contributed by atoms with Gasteiger partial charge in [0, 0.05) is 0 Å². The first kappa shape index (κ1) is 15.6. The van der Waals surface area contributed by atoms with Crippen molar-refractivity contribution in [1.82, 2.24) is 0 Å². The first-order chi connectivity index (χ1) is 8.91. The number of oxime groups is 1. The molecule has 2 N–H and O–H groups in total. The van der Waals surface area contributed by atoms with E-state index in [1.165, 1.54) is 18.2 Å². The van der Waals surface area contributed by atoms with Gasteiger partial charge in [-0.05, 0) is 19.1 Å². The molecule has 1 aromatic rings. The Morgan fingerprint density at radius 3 is 2.58 bits per heavy atom. The molecular formula is C11H13ClF3N3O. The van der Waals surface area contributed by atoms with Crippen molar-refractivity contribution in [1.29, 1.82) is 0 Å². The molecule has 0 heterocycles. The van der Waals surface area contributed by atoms with Crippen molar-refractivity contribution in [2.75, 3.05) is 17.5 Å². The second kappa shape index (κ2) is 6.63. The van der Waals surface area contributed by atoms with Gasteiger partial charge in [0.25, 0.3) is 0 Å². The molecule has 1 aromatic carbocycles. The summed E-state index contributed by atoms with van der Waals surface area (Å²) in [7, 11) is 0. The third-order valence-corrected chi connectivity index (χ3v) is 2.40. The summed E-state index contributed by atoms with van der Waals surface area (Å²) in [6.07, 6.45) is -4.52. The Kier molecular flexibility index (Phi) is 5.44. The number of hydrogen-bond donors (Lipinski definition) is 1. The molecule has 0 aromatic heterocycles. The van der Waals surface area contributed by atoms with Crippen molar-refractivity contribution < 1.29 is 18.0 Å².